The summed E-state index contributed by atoms with van der Waals surface area (Å²) in [5.74, 6) is -3.45. The molecule has 0 atom stereocenters. The van der Waals surface area contributed by atoms with Crippen LogP contribution in [0.1, 0.15) is 21.5 Å². The van der Waals surface area contributed by atoms with Gasteiger partial charge in [-0.25, -0.2) is 13.6 Å². The molecule has 1 N–H and O–H groups in total. The molecule has 0 bridgehead atoms. The normalized spacial score (nSPS) is 13.8. The minimum atomic E-state index is -1.39. The second-order valence-corrected chi connectivity index (χ2v) is 5.11. The zero-order chi connectivity index (χ0) is 15.5. The zero-order valence-corrected chi connectivity index (χ0v) is 11.4. The zero-order valence-electron chi connectivity index (χ0n) is 11.4. The molecule has 0 spiro atoms. The van der Waals surface area contributed by atoms with E-state index in [4.69, 9.17) is 5.11 Å². The molecule has 21 heavy (non-hydrogen) atoms. The lowest BCUT2D eigenvalue weighted by atomic mass is 9.98. The fraction of sp³-hybridized carbons (Fsp3) is 0.286. The summed E-state index contributed by atoms with van der Waals surface area (Å²) in [6.45, 7) is 1.67. The van der Waals surface area contributed by atoms with E-state index in [0.717, 1.165) is 6.20 Å². The van der Waals surface area contributed by atoms with Gasteiger partial charge in [-0.15, -0.1) is 0 Å². The van der Waals surface area contributed by atoms with E-state index in [9.17, 15) is 18.4 Å². The molecule has 2 heterocycles. The van der Waals surface area contributed by atoms with E-state index in [1.54, 1.807) is 12.1 Å². The largest absolute Gasteiger partial charge is 0.477 e. The molecule has 7 heteroatoms. The summed E-state index contributed by atoms with van der Waals surface area (Å²) >= 11 is 0. The number of likely N-dealkylation sites (N-methyl/N-ethyl adjacent to an activating group) is 1. The lowest BCUT2D eigenvalue weighted by Gasteiger charge is -2.31. The maximum atomic E-state index is 14.1. The van der Waals surface area contributed by atoms with Gasteiger partial charge in [-0.1, -0.05) is 0 Å². The summed E-state index contributed by atoms with van der Waals surface area (Å²) < 4.78 is 29.5. The third-order valence-corrected chi connectivity index (χ3v) is 3.92. The fourth-order valence-corrected chi connectivity index (χ4v) is 2.78. The van der Waals surface area contributed by atoms with Gasteiger partial charge in [0.15, 0.2) is 11.6 Å². The van der Waals surface area contributed by atoms with Crippen molar-refractivity contribution in [2.24, 2.45) is 0 Å². The lowest BCUT2D eigenvalue weighted by Crippen LogP contribution is -2.39. The standard InChI is InChI=1S/C14H12F2N2O3/c1-6-9-12-7(11(16)10(6)15)3-4-17(2)18(12)5-8(13(9)19)14(20)21/h5H,3-4H2,1-2H3,(H,20,21). The van der Waals surface area contributed by atoms with E-state index in [-0.39, 0.29) is 28.5 Å². The number of pyridine rings is 1. The number of aromatic nitrogens is 1. The Balaban J connectivity index is 2.64. The van der Waals surface area contributed by atoms with E-state index in [0.29, 0.717) is 6.54 Å². The number of benzene rings is 1. The minimum Gasteiger partial charge on any atom is -0.477 e. The third-order valence-electron chi connectivity index (χ3n) is 3.92. The summed E-state index contributed by atoms with van der Waals surface area (Å²) in [4.78, 5) is 23.5. The topological polar surface area (TPSA) is 62.5 Å². The fourth-order valence-electron chi connectivity index (χ4n) is 2.78. The van der Waals surface area contributed by atoms with Gasteiger partial charge in [-0.2, -0.15) is 0 Å². The molecule has 0 fully saturated rings. The van der Waals surface area contributed by atoms with Crippen molar-refractivity contribution in [3.8, 4) is 0 Å². The van der Waals surface area contributed by atoms with Crippen molar-refractivity contribution in [1.29, 1.82) is 0 Å². The molecule has 0 radical (unpaired) electrons. The Hall–Kier alpha value is -2.44. The number of hydrogen-bond acceptors (Lipinski definition) is 3. The number of aromatic carboxylic acids is 1. The molecular weight excluding hydrogens is 282 g/mol. The Kier molecular flexibility index (Phi) is 2.76. The van der Waals surface area contributed by atoms with Crippen LogP contribution >= 0.6 is 0 Å². The number of carboxylic acid groups (broad SMARTS) is 1. The van der Waals surface area contributed by atoms with Crippen LogP contribution in [0.3, 0.4) is 0 Å². The van der Waals surface area contributed by atoms with E-state index >= 15 is 0 Å². The SMILES string of the molecule is Cc1c(F)c(F)c2c3c1c(=O)c(C(=O)O)cn3N(C)CC2. The number of carboxylic acids is 1. The van der Waals surface area contributed by atoms with Gasteiger partial charge in [0, 0.05) is 30.9 Å². The molecule has 0 amide bonds. The molecule has 1 aliphatic heterocycles. The predicted molar refractivity (Wildman–Crippen MR) is 72.5 cm³/mol. The Bertz CT molecular complexity index is 858. The number of aryl methyl sites for hydroxylation is 1. The molecule has 110 valence electrons. The van der Waals surface area contributed by atoms with Gasteiger partial charge >= 0.3 is 5.97 Å². The van der Waals surface area contributed by atoms with Gasteiger partial charge in [-0.3, -0.25) is 9.47 Å². The third kappa shape index (κ3) is 1.66. The number of carbonyl (C=O) groups is 1. The van der Waals surface area contributed by atoms with Crippen LogP contribution in [0.2, 0.25) is 0 Å². The molecule has 0 unspecified atom stereocenters. The number of hydrogen-bond donors (Lipinski definition) is 1. The van der Waals surface area contributed by atoms with Crippen LogP contribution in [-0.2, 0) is 6.42 Å². The number of nitrogens with zero attached hydrogens (tertiary/aromatic N) is 2. The van der Waals surface area contributed by atoms with Crippen molar-refractivity contribution in [2.75, 3.05) is 18.6 Å². The Morgan fingerprint density at radius 1 is 1.33 bits per heavy atom. The number of halogens is 2. The average molecular weight is 294 g/mol. The molecule has 1 aliphatic rings. The van der Waals surface area contributed by atoms with Crippen molar-refractivity contribution >= 4 is 16.9 Å². The van der Waals surface area contributed by atoms with Crippen LogP contribution < -0.4 is 10.4 Å². The van der Waals surface area contributed by atoms with Crippen molar-refractivity contribution in [3.05, 3.63) is 44.7 Å². The summed E-state index contributed by atoms with van der Waals surface area (Å²) in [5.41, 5.74) is -1.06. The monoisotopic (exact) mass is 294 g/mol. The van der Waals surface area contributed by atoms with E-state index < -0.39 is 28.6 Å². The first kappa shape index (κ1) is 13.5. The second-order valence-electron chi connectivity index (χ2n) is 5.11. The van der Waals surface area contributed by atoms with E-state index in [2.05, 4.69) is 0 Å². The van der Waals surface area contributed by atoms with E-state index in [1.807, 2.05) is 0 Å². The summed E-state index contributed by atoms with van der Waals surface area (Å²) in [6.07, 6.45) is 1.41. The van der Waals surface area contributed by atoms with Crippen LogP contribution in [0.5, 0.6) is 0 Å². The molecule has 3 rings (SSSR count). The summed E-state index contributed by atoms with van der Waals surface area (Å²) in [6, 6.07) is 0. The molecule has 1 aromatic heterocycles. The molecule has 2 aromatic rings. The van der Waals surface area contributed by atoms with Gasteiger partial charge in [0.25, 0.3) is 0 Å². The van der Waals surface area contributed by atoms with Gasteiger partial charge in [0.1, 0.15) is 5.56 Å². The average Bonchev–Trinajstić information content (AvgIpc) is 2.43. The molecule has 0 aliphatic carbocycles. The summed E-state index contributed by atoms with van der Waals surface area (Å²) in [5, 5.41) is 10.7. The second kappa shape index (κ2) is 4.28. The predicted octanol–water partition coefficient (Wildman–Crippen LogP) is 1.41. The molecular formula is C14H12F2N2O3. The van der Waals surface area contributed by atoms with Gasteiger partial charge < -0.3 is 10.1 Å². The maximum Gasteiger partial charge on any atom is 0.341 e. The summed E-state index contributed by atoms with van der Waals surface area (Å²) in [7, 11) is 1.69. The smallest absolute Gasteiger partial charge is 0.341 e. The molecule has 5 nitrogen and oxygen atoms in total. The Labute approximate surface area is 118 Å². The maximum absolute atomic E-state index is 14.1. The van der Waals surface area contributed by atoms with Crippen LogP contribution in [-0.4, -0.2) is 29.3 Å². The first-order valence-corrected chi connectivity index (χ1v) is 6.35. The van der Waals surface area contributed by atoms with Gasteiger partial charge in [0.05, 0.1) is 10.9 Å². The molecule has 0 saturated carbocycles. The highest BCUT2D eigenvalue weighted by molar-refractivity contribution is 5.95. The van der Waals surface area contributed by atoms with Gasteiger partial charge in [-0.05, 0) is 13.3 Å². The number of rotatable bonds is 1. The highest BCUT2D eigenvalue weighted by Crippen LogP contribution is 2.29. The van der Waals surface area contributed by atoms with Crippen LogP contribution in [0.4, 0.5) is 8.78 Å². The van der Waals surface area contributed by atoms with Gasteiger partial charge in [0.2, 0.25) is 5.43 Å². The first-order chi connectivity index (χ1) is 9.84. The Morgan fingerprint density at radius 2 is 2.00 bits per heavy atom. The van der Waals surface area contributed by atoms with Crippen molar-refractivity contribution in [1.82, 2.24) is 4.68 Å². The highest BCUT2D eigenvalue weighted by atomic mass is 19.2. The Morgan fingerprint density at radius 3 is 2.62 bits per heavy atom. The van der Waals surface area contributed by atoms with Crippen molar-refractivity contribution < 1.29 is 18.7 Å². The van der Waals surface area contributed by atoms with E-state index in [1.165, 1.54) is 11.6 Å². The van der Waals surface area contributed by atoms with Crippen molar-refractivity contribution in [2.45, 2.75) is 13.3 Å². The first-order valence-electron chi connectivity index (χ1n) is 6.35. The molecule has 0 saturated heterocycles. The van der Waals surface area contributed by atoms with Crippen LogP contribution in [0.15, 0.2) is 11.0 Å². The van der Waals surface area contributed by atoms with Crippen LogP contribution in [0.25, 0.3) is 10.9 Å². The van der Waals surface area contributed by atoms with Crippen molar-refractivity contribution in [3.63, 3.8) is 0 Å². The molecule has 1 aromatic carbocycles. The quantitative estimate of drug-likeness (QED) is 0.864. The highest BCUT2D eigenvalue weighted by Gasteiger charge is 2.28. The minimum absolute atomic E-state index is 0.0737. The lowest BCUT2D eigenvalue weighted by molar-refractivity contribution is 0.0695. The van der Waals surface area contributed by atoms with Crippen LogP contribution in [0, 0.1) is 18.6 Å².